The molecule has 22 heavy (non-hydrogen) atoms. The number of rotatable bonds is 4. The van der Waals surface area contributed by atoms with Gasteiger partial charge in [0.2, 0.25) is 0 Å². The first-order valence-electron chi connectivity index (χ1n) is 7.25. The Labute approximate surface area is 127 Å². The average Bonchev–Trinajstić information content (AvgIpc) is 2.45. The largest absolute Gasteiger partial charge is 0.433 e. The highest BCUT2D eigenvalue weighted by atomic mass is 19.3. The number of carbonyl (C=O) groups is 1. The van der Waals surface area contributed by atoms with Gasteiger partial charge in [-0.05, 0) is 44.2 Å². The molecule has 0 spiro atoms. The molecule has 0 aliphatic heterocycles. The molecule has 0 heterocycles. The van der Waals surface area contributed by atoms with Crippen LogP contribution in [0.4, 0.5) is 19.3 Å². The molecule has 0 unspecified atom stereocenters. The number of aliphatic hydroxyl groups is 1. The van der Waals surface area contributed by atoms with Gasteiger partial charge in [0.15, 0.2) is 0 Å². The van der Waals surface area contributed by atoms with Crippen LogP contribution in [0, 0.1) is 6.92 Å². The van der Waals surface area contributed by atoms with Crippen LogP contribution >= 0.6 is 0 Å². The molecular formula is C15H20F2N2O3. The molecule has 1 saturated carbocycles. The number of para-hydroxylation sites is 1. The number of benzene rings is 1. The van der Waals surface area contributed by atoms with Gasteiger partial charge in [-0.1, -0.05) is 12.1 Å². The predicted octanol–water partition coefficient (Wildman–Crippen LogP) is 3.02. The third kappa shape index (κ3) is 4.56. The number of nitrogens with one attached hydrogen (secondary N) is 2. The van der Waals surface area contributed by atoms with Gasteiger partial charge in [-0.3, -0.25) is 0 Å². The summed E-state index contributed by atoms with van der Waals surface area (Å²) < 4.78 is 29.2. The van der Waals surface area contributed by atoms with Gasteiger partial charge in [-0.25, -0.2) is 4.79 Å². The lowest BCUT2D eigenvalue weighted by molar-refractivity contribution is -0.0493. The Morgan fingerprint density at radius 2 is 2.00 bits per heavy atom. The third-order valence-electron chi connectivity index (χ3n) is 3.72. The van der Waals surface area contributed by atoms with Gasteiger partial charge in [-0.15, -0.1) is 0 Å². The Bertz CT molecular complexity index is 518. The Hall–Kier alpha value is -1.89. The number of aryl methyl sites for hydroxylation is 1. The maximum Gasteiger partial charge on any atom is 0.387 e. The Morgan fingerprint density at radius 1 is 1.32 bits per heavy atom. The number of hydrogen-bond donors (Lipinski definition) is 3. The smallest absolute Gasteiger partial charge is 0.387 e. The van der Waals surface area contributed by atoms with E-state index in [0.717, 1.165) is 0 Å². The van der Waals surface area contributed by atoms with E-state index in [1.54, 1.807) is 19.1 Å². The topological polar surface area (TPSA) is 70.6 Å². The highest BCUT2D eigenvalue weighted by Gasteiger charge is 2.21. The molecular weight excluding hydrogens is 294 g/mol. The van der Waals surface area contributed by atoms with Crippen molar-refractivity contribution in [2.45, 2.75) is 51.4 Å². The monoisotopic (exact) mass is 314 g/mol. The molecule has 1 aromatic rings. The van der Waals surface area contributed by atoms with Crippen molar-refractivity contribution in [2.24, 2.45) is 0 Å². The molecule has 1 aliphatic rings. The zero-order chi connectivity index (χ0) is 16.1. The summed E-state index contributed by atoms with van der Waals surface area (Å²) in [7, 11) is 0. The standard InChI is InChI=1S/C15H20F2N2O3/c1-9-3-2-4-12(22-14(16)17)13(9)19-15(21)18-10-5-7-11(20)8-6-10/h2-4,10-11,14,20H,5-8H2,1H3,(H2,18,19,21). The number of ether oxygens (including phenoxy) is 1. The van der Waals surface area contributed by atoms with Crippen molar-refractivity contribution in [3.8, 4) is 5.75 Å². The van der Waals surface area contributed by atoms with Crippen LogP contribution < -0.4 is 15.4 Å². The van der Waals surface area contributed by atoms with Gasteiger partial charge in [0, 0.05) is 6.04 Å². The van der Waals surface area contributed by atoms with Crippen molar-refractivity contribution in [2.75, 3.05) is 5.32 Å². The normalized spacial score (nSPS) is 21.5. The fourth-order valence-corrected chi connectivity index (χ4v) is 2.55. The second-order valence-electron chi connectivity index (χ2n) is 5.43. The average molecular weight is 314 g/mol. The van der Waals surface area contributed by atoms with E-state index in [4.69, 9.17) is 0 Å². The lowest BCUT2D eigenvalue weighted by Crippen LogP contribution is -2.41. The molecule has 0 aromatic heterocycles. The van der Waals surface area contributed by atoms with Crippen LogP contribution in [0.2, 0.25) is 0 Å². The van der Waals surface area contributed by atoms with E-state index in [2.05, 4.69) is 15.4 Å². The van der Waals surface area contributed by atoms with Crippen LogP contribution in [0.1, 0.15) is 31.2 Å². The fraction of sp³-hybridized carbons (Fsp3) is 0.533. The van der Waals surface area contributed by atoms with Crippen LogP contribution in [0.3, 0.4) is 0 Å². The summed E-state index contributed by atoms with van der Waals surface area (Å²) >= 11 is 0. The molecule has 0 atom stereocenters. The second-order valence-corrected chi connectivity index (χ2v) is 5.43. The molecule has 0 saturated heterocycles. The first-order valence-corrected chi connectivity index (χ1v) is 7.25. The summed E-state index contributed by atoms with van der Waals surface area (Å²) in [4.78, 5) is 12.0. The minimum absolute atomic E-state index is 0.0214. The van der Waals surface area contributed by atoms with E-state index in [-0.39, 0.29) is 23.6 Å². The molecule has 5 nitrogen and oxygen atoms in total. The lowest BCUT2D eigenvalue weighted by atomic mass is 9.93. The first kappa shape index (κ1) is 16.5. The first-order chi connectivity index (χ1) is 10.5. The fourth-order valence-electron chi connectivity index (χ4n) is 2.55. The van der Waals surface area contributed by atoms with Gasteiger partial charge in [0.25, 0.3) is 0 Å². The maximum absolute atomic E-state index is 12.4. The summed E-state index contributed by atoms with van der Waals surface area (Å²) in [6.07, 6.45) is 2.39. The van der Waals surface area contributed by atoms with Crippen LogP contribution in [-0.4, -0.2) is 29.9 Å². The number of urea groups is 1. The maximum atomic E-state index is 12.4. The Morgan fingerprint density at radius 3 is 2.64 bits per heavy atom. The Balaban J connectivity index is 1.99. The summed E-state index contributed by atoms with van der Waals surface area (Å²) in [5.74, 6) is -0.0655. The van der Waals surface area contributed by atoms with Crippen molar-refractivity contribution < 1.29 is 23.4 Å². The number of anilines is 1. The zero-order valence-electron chi connectivity index (χ0n) is 12.3. The molecule has 0 radical (unpaired) electrons. The molecule has 1 aliphatic carbocycles. The predicted molar refractivity (Wildman–Crippen MR) is 78.2 cm³/mol. The van der Waals surface area contributed by atoms with Crippen LogP contribution in [0.15, 0.2) is 18.2 Å². The van der Waals surface area contributed by atoms with Crippen LogP contribution in [0.5, 0.6) is 5.75 Å². The molecule has 0 bridgehead atoms. The van der Waals surface area contributed by atoms with Gasteiger partial charge in [-0.2, -0.15) is 8.78 Å². The second kappa shape index (κ2) is 7.40. The van der Waals surface area contributed by atoms with E-state index >= 15 is 0 Å². The van der Waals surface area contributed by atoms with Gasteiger partial charge in [0.05, 0.1) is 11.8 Å². The number of alkyl halides is 2. The summed E-state index contributed by atoms with van der Waals surface area (Å²) in [5.41, 5.74) is 0.864. The summed E-state index contributed by atoms with van der Waals surface area (Å²) in [6.45, 7) is -1.25. The van der Waals surface area contributed by atoms with E-state index in [9.17, 15) is 18.7 Å². The summed E-state index contributed by atoms with van der Waals surface area (Å²) in [5, 5.41) is 14.8. The lowest BCUT2D eigenvalue weighted by Gasteiger charge is -2.26. The summed E-state index contributed by atoms with van der Waals surface area (Å²) in [6, 6.07) is 4.18. The molecule has 2 rings (SSSR count). The van der Waals surface area contributed by atoms with E-state index in [1.165, 1.54) is 6.07 Å². The van der Waals surface area contributed by atoms with E-state index < -0.39 is 12.6 Å². The number of carbonyl (C=O) groups excluding carboxylic acids is 1. The highest BCUT2D eigenvalue weighted by molar-refractivity contribution is 5.92. The van der Waals surface area contributed by atoms with Crippen molar-refractivity contribution in [3.05, 3.63) is 23.8 Å². The van der Waals surface area contributed by atoms with Crippen molar-refractivity contribution in [3.63, 3.8) is 0 Å². The molecule has 2 amide bonds. The van der Waals surface area contributed by atoms with E-state index in [1.807, 2.05) is 0 Å². The van der Waals surface area contributed by atoms with Gasteiger partial charge < -0.3 is 20.5 Å². The van der Waals surface area contributed by atoms with Crippen LogP contribution in [-0.2, 0) is 0 Å². The van der Waals surface area contributed by atoms with Crippen LogP contribution in [0.25, 0.3) is 0 Å². The van der Waals surface area contributed by atoms with Crippen molar-refractivity contribution in [1.29, 1.82) is 0 Å². The van der Waals surface area contributed by atoms with Gasteiger partial charge >= 0.3 is 12.6 Å². The highest BCUT2D eigenvalue weighted by Crippen LogP contribution is 2.29. The number of hydrogen-bond acceptors (Lipinski definition) is 3. The number of aliphatic hydroxyl groups excluding tert-OH is 1. The SMILES string of the molecule is Cc1cccc(OC(F)F)c1NC(=O)NC1CCC(O)CC1. The molecule has 122 valence electrons. The van der Waals surface area contributed by atoms with E-state index in [0.29, 0.717) is 31.2 Å². The third-order valence-corrected chi connectivity index (χ3v) is 3.72. The Kier molecular flexibility index (Phi) is 5.54. The minimum Gasteiger partial charge on any atom is -0.433 e. The molecule has 1 aromatic carbocycles. The molecule has 1 fully saturated rings. The van der Waals surface area contributed by atoms with Crippen molar-refractivity contribution in [1.82, 2.24) is 5.32 Å². The minimum atomic E-state index is -2.95. The zero-order valence-corrected chi connectivity index (χ0v) is 12.3. The van der Waals surface area contributed by atoms with Crippen molar-refractivity contribution >= 4 is 11.7 Å². The number of amides is 2. The number of halogens is 2. The molecule has 7 heteroatoms. The van der Waals surface area contributed by atoms with Gasteiger partial charge in [0.1, 0.15) is 5.75 Å². The molecule has 3 N–H and O–H groups in total. The quantitative estimate of drug-likeness (QED) is 0.800.